The molecule has 0 aliphatic carbocycles. The molecule has 102 valence electrons. The lowest BCUT2D eigenvalue weighted by Gasteiger charge is -2.14. The van der Waals surface area contributed by atoms with Gasteiger partial charge in [-0.2, -0.15) is 0 Å². The van der Waals surface area contributed by atoms with Gasteiger partial charge in [-0.25, -0.2) is 0 Å². The molecule has 3 N–H and O–H groups in total. The molecule has 0 fully saturated rings. The second-order valence-corrected chi connectivity index (χ2v) is 4.29. The van der Waals surface area contributed by atoms with Crippen molar-refractivity contribution in [2.24, 2.45) is 5.73 Å². The van der Waals surface area contributed by atoms with Gasteiger partial charge in [0, 0.05) is 0 Å². The number of rotatable bonds is 8. The number of primary amides is 1. The third-order valence-corrected chi connectivity index (χ3v) is 2.84. The van der Waals surface area contributed by atoms with E-state index in [-0.39, 0.29) is 24.4 Å². The van der Waals surface area contributed by atoms with Gasteiger partial charge < -0.3 is 11.1 Å². The molecule has 1 aromatic carbocycles. The van der Waals surface area contributed by atoms with Gasteiger partial charge in [0.25, 0.3) is 0 Å². The highest BCUT2D eigenvalue weighted by atomic mass is 35.5. The molecule has 0 unspecified atom stereocenters. The minimum Gasteiger partial charge on any atom is -0.368 e. The van der Waals surface area contributed by atoms with E-state index in [9.17, 15) is 4.79 Å². The number of nitrogens with one attached hydrogen (secondary N) is 1. The van der Waals surface area contributed by atoms with Crippen LogP contribution in [0.25, 0.3) is 0 Å². The predicted octanol–water partition coefficient (Wildman–Crippen LogP) is 2.28. The molecule has 18 heavy (non-hydrogen) atoms. The highest BCUT2D eigenvalue weighted by molar-refractivity contribution is 5.85. The zero-order valence-electron chi connectivity index (χ0n) is 10.9. The zero-order chi connectivity index (χ0) is 12.5. The highest BCUT2D eigenvalue weighted by Crippen LogP contribution is 2.02. The number of carbonyl (C=O) groups is 1. The van der Waals surface area contributed by atoms with Crippen LogP contribution in [0, 0.1) is 0 Å². The minimum absolute atomic E-state index is 0. The summed E-state index contributed by atoms with van der Waals surface area (Å²) in [7, 11) is 0. The summed E-state index contributed by atoms with van der Waals surface area (Å²) < 4.78 is 0. The summed E-state index contributed by atoms with van der Waals surface area (Å²) >= 11 is 0. The fourth-order valence-electron chi connectivity index (χ4n) is 1.79. The van der Waals surface area contributed by atoms with Crippen LogP contribution in [-0.2, 0) is 11.2 Å². The smallest absolute Gasteiger partial charge is 0.234 e. The first-order valence-corrected chi connectivity index (χ1v) is 6.30. The van der Waals surface area contributed by atoms with E-state index in [2.05, 4.69) is 24.4 Å². The van der Waals surface area contributed by atoms with E-state index in [1.165, 1.54) is 5.56 Å². The second kappa shape index (κ2) is 9.92. The molecule has 0 aliphatic rings. The van der Waals surface area contributed by atoms with Crippen LogP contribution in [0.3, 0.4) is 0 Å². The molecule has 1 aromatic rings. The van der Waals surface area contributed by atoms with Gasteiger partial charge in [-0.1, -0.05) is 50.1 Å². The summed E-state index contributed by atoms with van der Waals surface area (Å²) in [6.45, 7) is 2.91. The standard InChI is InChI=1S/C14H22N2O.ClH/c1-2-3-9-13(14(15)17)16-11-10-12-7-5-4-6-8-12;/h4-8,13,16H,2-3,9-11H2,1H3,(H2,15,17);1H/t13-;/m0./s1. The number of amides is 1. The maximum absolute atomic E-state index is 11.2. The summed E-state index contributed by atoms with van der Waals surface area (Å²) in [6, 6.07) is 10.1. The Bertz CT molecular complexity index is 330. The maximum atomic E-state index is 11.2. The van der Waals surface area contributed by atoms with Gasteiger partial charge in [0.2, 0.25) is 5.91 Å². The molecule has 0 heterocycles. The Morgan fingerprint density at radius 1 is 1.33 bits per heavy atom. The van der Waals surface area contributed by atoms with Gasteiger partial charge in [0.15, 0.2) is 0 Å². The first kappa shape index (κ1) is 16.9. The van der Waals surface area contributed by atoms with Crippen LogP contribution >= 0.6 is 12.4 Å². The average Bonchev–Trinajstić information content (AvgIpc) is 2.34. The lowest BCUT2D eigenvalue weighted by molar-refractivity contribution is -0.120. The number of benzene rings is 1. The Balaban J connectivity index is 0.00000289. The van der Waals surface area contributed by atoms with E-state index in [0.717, 1.165) is 32.2 Å². The van der Waals surface area contributed by atoms with Gasteiger partial charge in [-0.05, 0) is 24.9 Å². The lowest BCUT2D eigenvalue weighted by atomic mass is 10.1. The maximum Gasteiger partial charge on any atom is 0.234 e. The SMILES string of the molecule is CCCC[C@H](NCCc1ccccc1)C(N)=O.Cl. The zero-order valence-corrected chi connectivity index (χ0v) is 11.7. The number of hydrogen-bond acceptors (Lipinski definition) is 2. The van der Waals surface area contributed by atoms with Gasteiger partial charge in [-0.3, -0.25) is 4.79 Å². The van der Waals surface area contributed by atoms with Crippen molar-refractivity contribution in [3.63, 3.8) is 0 Å². The summed E-state index contributed by atoms with van der Waals surface area (Å²) in [5.74, 6) is -0.244. The number of hydrogen-bond donors (Lipinski definition) is 2. The van der Waals surface area contributed by atoms with Crippen LogP contribution in [0.5, 0.6) is 0 Å². The van der Waals surface area contributed by atoms with Gasteiger partial charge in [0.05, 0.1) is 6.04 Å². The minimum atomic E-state index is -0.244. The first-order valence-electron chi connectivity index (χ1n) is 6.30. The van der Waals surface area contributed by atoms with Gasteiger partial charge in [-0.15, -0.1) is 12.4 Å². The highest BCUT2D eigenvalue weighted by Gasteiger charge is 2.12. The molecule has 1 amide bonds. The van der Waals surface area contributed by atoms with Crippen molar-refractivity contribution in [3.05, 3.63) is 35.9 Å². The Labute approximate surface area is 116 Å². The summed E-state index contributed by atoms with van der Waals surface area (Å²) in [5.41, 5.74) is 6.63. The molecule has 0 saturated carbocycles. The molecule has 0 saturated heterocycles. The molecule has 0 bridgehead atoms. The van der Waals surface area contributed by atoms with E-state index in [4.69, 9.17) is 5.73 Å². The Hall–Kier alpha value is -1.06. The van der Waals surface area contributed by atoms with Crippen LogP contribution in [0.1, 0.15) is 31.7 Å². The Morgan fingerprint density at radius 3 is 2.56 bits per heavy atom. The summed E-state index contributed by atoms with van der Waals surface area (Å²) in [4.78, 5) is 11.2. The molecule has 3 nitrogen and oxygen atoms in total. The number of carbonyl (C=O) groups excluding carboxylic acids is 1. The largest absolute Gasteiger partial charge is 0.368 e. The molecule has 0 aromatic heterocycles. The van der Waals surface area contributed by atoms with E-state index in [1.54, 1.807) is 0 Å². The van der Waals surface area contributed by atoms with Crippen LogP contribution < -0.4 is 11.1 Å². The lowest BCUT2D eigenvalue weighted by Crippen LogP contribution is -2.42. The average molecular weight is 271 g/mol. The normalized spacial score (nSPS) is 11.6. The molecule has 0 aliphatic heterocycles. The van der Waals surface area contributed by atoms with E-state index in [1.807, 2.05) is 18.2 Å². The predicted molar refractivity (Wildman–Crippen MR) is 77.9 cm³/mol. The quantitative estimate of drug-likeness (QED) is 0.761. The van der Waals surface area contributed by atoms with E-state index >= 15 is 0 Å². The van der Waals surface area contributed by atoms with Gasteiger partial charge in [0.1, 0.15) is 0 Å². The molecule has 1 rings (SSSR count). The van der Waals surface area contributed by atoms with Crippen molar-refractivity contribution in [1.29, 1.82) is 0 Å². The van der Waals surface area contributed by atoms with E-state index in [0.29, 0.717) is 0 Å². The Kier molecular flexibility index (Phi) is 9.33. The van der Waals surface area contributed by atoms with Crippen molar-refractivity contribution in [3.8, 4) is 0 Å². The van der Waals surface area contributed by atoms with E-state index < -0.39 is 0 Å². The third-order valence-electron chi connectivity index (χ3n) is 2.84. The second-order valence-electron chi connectivity index (χ2n) is 4.29. The molecule has 4 heteroatoms. The monoisotopic (exact) mass is 270 g/mol. The first-order chi connectivity index (χ1) is 8.24. The van der Waals surface area contributed by atoms with Crippen molar-refractivity contribution in [2.45, 2.75) is 38.6 Å². The molecule has 0 radical (unpaired) electrons. The van der Waals surface area contributed by atoms with Crippen LogP contribution in [-0.4, -0.2) is 18.5 Å². The van der Waals surface area contributed by atoms with Crippen molar-refractivity contribution in [1.82, 2.24) is 5.32 Å². The van der Waals surface area contributed by atoms with Crippen LogP contribution in [0.2, 0.25) is 0 Å². The summed E-state index contributed by atoms with van der Waals surface area (Å²) in [5, 5.41) is 3.23. The van der Waals surface area contributed by atoms with Crippen LogP contribution in [0.4, 0.5) is 0 Å². The molecular weight excluding hydrogens is 248 g/mol. The molecular formula is C14H23ClN2O. The topological polar surface area (TPSA) is 55.1 Å². The van der Waals surface area contributed by atoms with Crippen LogP contribution in [0.15, 0.2) is 30.3 Å². The third kappa shape index (κ3) is 6.62. The fourth-order valence-corrected chi connectivity index (χ4v) is 1.79. The summed E-state index contributed by atoms with van der Waals surface area (Å²) in [6.07, 6.45) is 3.88. The molecule has 0 spiro atoms. The van der Waals surface area contributed by atoms with Crippen molar-refractivity contribution >= 4 is 18.3 Å². The molecule has 1 atom stereocenters. The fraction of sp³-hybridized carbons (Fsp3) is 0.500. The van der Waals surface area contributed by atoms with Gasteiger partial charge >= 0.3 is 0 Å². The van der Waals surface area contributed by atoms with Crippen molar-refractivity contribution < 1.29 is 4.79 Å². The van der Waals surface area contributed by atoms with Crippen molar-refractivity contribution in [2.75, 3.05) is 6.54 Å². The number of halogens is 1. The number of nitrogens with two attached hydrogens (primary N) is 1. The Morgan fingerprint density at radius 2 is 2.00 bits per heavy atom. The number of unbranched alkanes of at least 4 members (excludes halogenated alkanes) is 1.